The maximum Gasteiger partial charge on any atom is 0.376 e. The maximum absolute atomic E-state index is 10.8. The van der Waals surface area contributed by atoms with Gasteiger partial charge in [0.1, 0.15) is 5.75 Å². The monoisotopic (exact) mass is 220 g/mol. The first-order chi connectivity index (χ1) is 7.41. The zero-order valence-corrected chi connectivity index (χ0v) is 9.02. The summed E-state index contributed by atoms with van der Waals surface area (Å²) >= 11 is 0. The fourth-order valence-corrected chi connectivity index (χ4v) is 1.33. The van der Waals surface area contributed by atoms with Crippen molar-refractivity contribution in [3.8, 4) is 5.75 Å². The topological polar surface area (TPSA) is 74.6 Å². The molecule has 0 radical (unpaired) electrons. The number of aromatic hydroxyl groups is 1. The molecule has 1 rings (SSSR count). The summed E-state index contributed by atoms with van der Waals surface area (Å²) < 4.78 is 0. The van der Waals surface area contributed by atoms with Gasteiger partial charge in [0.05, 0.1) is 0 Å². The number of hydrogen-bond acceptors (Lipinski definition) is 3. The van der Waals surface area contributed by atoms with Gasteiger partial charge in [-0.15, -0.1) is 0 Å². The number of hydrogen-bond donors (Lipinski definition) is 2. The van der Waals surface area contributed by atoms with E-state index in [4.69, 9.17) is 5.11 Å². The highest BCUT2D eigenvalue weighted by atomic mass is 16.4. The largest absolute Gasteiger partial charge is 0.507 e. The third-order valence-corrected chi connectivity index (χ3v) is 2.15. The molecule has 0 aliphatic rings. The number of carboxylic acids is 1. The number of aryl methyl sites for hydroxylation is 2. The van der Waals surface area contributed by atoms with Gasteiger partial charge in [0.25, 0.3) is 5.78 Å². The Hall–Kier alpha value is -2.10. The first-order valence-corrected chi connectivity index (χ1v) is 4.67. The second-order valence-corrected chi connectivity index (χ2v) is 3.51. The van der Waals surface area contributed by atoms with Gasteiger partial charge >= 0.3 is 5.97 Å². The van der Waals surface area contributed by atoms with Crippen molar-refractivity contribution < 1.29 is 19.8 Å². The van der Waals surface area contributed by atoms with E-state index in [0.29, 0.717) is 16.7 Å². The number of carbonyl (C=O) groups is 2. The average Bonchev–Trinajstić information content (AvgIpc) is 2.22. The van der Waals surface area contributed by atoms with Crippen LogP contribution in [0, 0.1) is 13.8 Å². The lowest BCUT2D eigenvalue weighted by Gasteiger charge is -2.04. The van der Waals surface area contributed by atoms with Crippen molar-refractivity contribution in [3.05, 3.63) is 34.9 Å². The molecule has 0 spiro atoms. The highest BCUT2D eigenvalue weighted by molar-refractivity contribution is 6.38. The van der Waals surface area contributed by atoms with Gasteiger partial charge in [-0.25, -0.2) is 4.79 Å². The van der Waals surface area contributed by atoms with Crippen LogP contribution in [0.3, 0.4) is 0 Å². The quantitative estimate of drug-likeness (QED) is 0.600. The summed E-state index contributed by atoms with van der Waals surface area (Å²) in [6.45, 7) is 3.47. The first kappa shape index (κ1) is 12.0. The van der Waals surface area contributed by atoms with Crippen molar-refractivity contribution in [2.75, 3.05) is 0 Å². The third-order valence-electron chi connectivity index (χ3n) is 2.15. The molecule has 1 aromatic rings. The van der Waals surface area contributed by atoms with E-state index in [1.54, 1.807) is 26.0 Å². The van der Waals surface area contributed by atoms with Crippen LogP contribution >= 0.6 is 0 Å². The lowest BCUT2D eigenvalue weighted by molar-refractivity contribution is -0.146. The second-order valence-electron chi connectivity index (χ2n) is 3.51. The molecule has 0 amide bonds. The Morgan fingerprint density at radius 2 is 1.69 bits per heavy atom. The van der Waals surface area contributed by atoms with E-state index in [1.165, 1.54) is 6.08 Å². The molecule has 0 unspecified atom stereocenters. The molecule has 84 valence electrons. The summed E-state index contributed by atoms with van der Waals surface area (Å²) in [5.41, 5.74) is 2.05. The Morgan fingerprint density at radius 3 is 2.12 bits per heavy atom. The highest BCUT2D eigenvalue weighted by Crippen LogP contribution is 2.23. The Bertz CT molecular complexity index is 449. The van der Waals surface area contributed by atoms with Crippen molar-refractivity contribution in [2.45, 2.75) is 13.8 Å². The van der Waals surface area contributed by atoms with Crippen molar-refractivity contribution >= 4 is 17.8 Å². The predicted molar refractivity (Wildman–Crippen MR) is 59.3 cm³/mol. The summed E-state index contributed by atoms with van der Waals surface area (Å²) in [6.07, 6.45) is 2.41. The molecule has 0 aliphatic carbocycles. The van der Waals surface area contributed by atoms with E-state index in [2.05, 4.69) is 0 Å². The summed E-state index contributed by atoms with van der Waals surface area (Å²) in [7, 11) is 0. The van der Waals surface area contributed by atoms with Gasteiger partial charge in [-0.2, -0.15) is 0 Å². The summed E-state index contributed by atoms with van der Waals surface area (Å²) in [6, 6.07) is 3.35. The number of carbonyl (C=O) groups excluding carboxylic acids is 1. The molecule has 2 N–H and O–H groups in total. The Labute approximate surface area is 92.8 Å². The number of benzene rings is 1. The maximum atomic E-state index is 10.8. The van der Waals surface area contributed by atoms with Gasteiger partial charge < -0.3 is 10.2 Å². The fourth-order valence-electron chi connectivity index (χ4n) is 1.33. The van der Waals surface area contributed by atoms with Crippen molar-refractivity contribution in [2.24, 2.45) is 0 Å². The molecule has 0 heterocycles. The molecule has 4 heteroatoms. The number of rotatable bonds is 3. The van der Waals surface area contributed by atoms with Crippen molar-refractivity contribution in [1.29, 1.82) is 0 Å². The summed E-state index contributed by atoms with van der Waals surface area (Å²) in [5.74, 6) is -2.24. The minimum absolute atomic E-state index is 0.210. The molecular formula is C12H12O4. The van der Waals surface area contributed by atoms with Gasteiger partial charge in [0.2, 0.25) is 0 Å². The second kappa shape index (κ2) is 4.61. The van der Waals surface area contributed by atoms with E-state index in [1.807, 2.05) is 0 Å². The van der Waals surface area contributed by atoms with Gasteiger partial charge in [-0.3, -0.25) is 4.79 Å². The highest BCUT2D eigenvalue weighted by Gasteiger charge is 2.06. The molecule has 1 aromatic carbocycles. The molecule has 0 saturated carbocycles. The number of phenols is 1. The van der Waals surface area contributed by atoms with Gasteiger partial charge in [-0.1, -0.05) is 6.08 Å². The van der Waals surface area contributed by atoms with E-state index in [-0.39, 0.29) is 5.75 Å². The van der Waals surface area contributed by atoms with Gasteiger partial charge in [0, 0.05) is 0 Å². The summed E-state index contributed by atoms with van der Waals surface area (Å²) in [4.78, 5) is 21.1. The first-order valence-electron chi connectivity index (χ1n) is 4.67. The Morgan fingerprint density at radius 1 is 1.19 bits per heavy atom. The minimum Gasteiger partial charge on any atom is -0.507 e. The lowest BCUT2D eigenvalue weighted by Crippen LogP contribution is -2.08. The minimum atomic E-state index is -1.48. The van der Waals surface area contributed by atoms with Crippen LogP contribution in [0.5, 0.6) is 5.75 Å². The number of phenolic OH excluding ortho intramolecular Hbond substituents is 1. The van der Waals surface area contributed by atoms with Crippen molar-refractivity contribution in [3.63, 3.8) is 0 Å². The standard InChI is InChI=1S/C12H12O4/c1-7-5-9(6-8(2)11(7)14)3-4-10(13)12(15)16/h3-6,14H,1-2H3,(H,15,16)/b4-3+. The van der Waals surface area contributed by atoms with Crippen molar-refractivity contribution in [1.82, 2.24) is 0 Å². The molecule has 0 atom stereocenters. The van der Waals surface area contributed by atoms with Gasteiger partial charge in [0.15, 0.2) is 0 Å². The van der Waals surface area contributed by atoms with E-state index in [0.717, 1.165) is 6.08 Å². The Kier molecular flexibility index (Phi) is 3.45. The number of ketones is 1. The average molecular weight is 220 g/mol. The van der Waals surface area contributed by atoms with Crippen LogP contribution in [0.2, 0.25) is 0 Å². The smallest absolute Gasteiger partial charge is 0.376 e. The number of carboxylic acid groups (broad SMARTS) is 1. The van der Waals surface area contributed by atoms with E-state index < -0.39 is 11.8 Å². The van der Waals surface area contributed by atoms with E-state index >= 15 is 0 Å². The third kappa shape index (κ3) is 2.70. The van der Waals surface area contributed by atoms with Gasteiger partial charge in [-0.05, 0) is 48.7 Å². The van der Waals surface area contributed by atoms with Crippen LogP contribution in [0.25, 0.3) is 6.08 Å². The van der Waals surface area contributed by atoms with E-state index in [9.17, 15) is 14.7 Å². The zero-order chi connectivity index (χ0) is 12.3. The lowest BCUT2D eigenvalue weighted by atomic mass is 10.1. The molecule has 16 heavy (non-hydrogen) atoms. The molecule has 0 saturated heterocycles. The van der Waals surface area contributed by atoms with Crippen LogP contribution in [0.4, 0.5) is 0 Å². The summed E-state index contributed by atoms with van der Waals surface area (Å²) in [5, 5.41) is 17.9. The van der Waals surface area contributed by atoms with Crippen LogP contribution in [-0.4, -0.2) is 22.0 Å². The zero-order valence-electron chi connectivity index (χ0n) is 9.02. The predicted octanol–water partition coefficient (Wildman–Crippen LogP) is 1.68. The molecule has 4 nitrogen and oxygen atoms in total. The molecule has 0 aliphatic heterocycles. The normalized spacial score (nSPS) is 10.6. The Balaban J connectivity index is 2.99. The van der Waals surface area contributed by atoms with Crippen LogP contribution in [-0.2, 0) is 9.59 Å². The van der Waals surface area contributed by atoms with Crippen LogP contribution < -0.4 is 0 Å². The number of aliphatic carboxylic acids is 1. The molecular weight excluding hydrogens is 208 g/mol. The molecule has 0 fully saturated rings. The SMILES string of the molecule is Cc1cc(/C=C/C(=O)C(=O)O)cc(C)c1O. The van der Waals surface area contributed by atoms with Crippen LogP contribution in [0.1, 0.15) is 16.7 Å². The fraction of sp³-hybridized carbons (Fsp3) is 0.167. The molecule has 0 aromatic heterocycles. The van der Waals surface area contributed by atoms with Crippen LogP contribution in [0.15, 0.2) is 18.2 Å². The molecule has 0 bridgehead atoms.